The third-order valence-electron chi connectivity index (χ3n) is 3.70. The summed E-state index contributed by atoms with van der Waals surface area (Å²) in [5.74, 6) is 1.85. The molecule has 0 aromatic heterocycles. The molecule has 0 bridgehead atoms. The first kappa shape index (κ1) is 17.4. The van der Waals surface area contributed by atoms with E-state index in [-0.39, 0.29) is 13.2 Å². The van der Waals surface area contributed by atoms with E-state index in [0.717, 1.165) is 4.47 Å². The van der Waals surface area contributed by atoms with Gasteiger partial charge in [0.25, 0.3) is 0 Å². The summed E-state index contributed by atoms with van der Waals surface area (Å²) >= 11 is 3.39. The summed E-state index contributed by atoms with van der Waals surface area (Å²) in [6.07, 6.45) is -0.807. The van der Waals surface area contributed by atoms with Crippen molar-refractivity contribution in [2.45, 2.75) is 12.7 Å². The summed E-state index contributed by atoms with van der Waals surface area (Å²) in [7, 11) is 3.11. The lowest BCUT2D eigenvalue weighted by atomic mass is 10.2. The van der Waals surface area contributed by atoms with Crippen LogP contribution in [0.15, 0.2) is 40.9 Å². The van der Waals surface area contributed by atoms with Crippen molar-refractivity contribution in [3.63, 3.8) is 0 Å². The lowest BCUT2D eigenvalue weighted by Crippen LogP contribution is -2.37. The fourth-order valence-corrected chi connectivity index (χ4v) is 2.90. The zero-order valence-corrected chi connectivity index (χ0v) is 15.4. The van der Waals surface area contributed by atoms with Crippen molar-refractivity contribution in [3.8, 4) is 23.0 Å². The van der Waals surface area contributed by atoms with Crippen LogP contribution in [0.2, 0.25) is 0 Å². The first-order chi connectivity index (χ1) is 12.1. The normalized spacial score (nSPS) is 15.4. The highest BCUT2D eigenvalue weighted by Crippen LogP contribution is 2.34. The fraction of sp³-hybridized carbons (Fsp3) is 0.278. The maximum Gasteiger partial charge on any atom is 0.351 e. The van der Waals surface area contributed by atoms with E-state index >= 15 is 0 Å². The predicted molar refractivity (Wildman–Crippen MR) is 93.4 cm³/mol. The predicted octanol–water partition coefficient (Wildman–Crippen LogP) is 3.35. The monoisotopic (exact) mass is 408 g/mol. The summed E-state index contributed by atoms with van der Waals surface area (Å²) in [6.45, 7) is 0.143. The van der Waals surface area contributed by atoms with Gasteiger partial charge in [-0.15, -0.1) is 0 Å². The number of hydrogen-bond donors (Lipinski definition) is 0. The molecule has 0 unspecified atom stereocenters. The highest BCUT2D eigenvalue weighted by molar-refractivity contribution is 9.10. The van der Waals surface area contributed by atoms with Crippen molar-refractivity contribution in [2.24, 2.45) is 0 Å². The van der Waals surface area contributed by atoms with Crippen molar-refractivity contribution in [1.82, 2.24) is 0 Å². The fourth-order valence-electron chi connectivity index (χ4n) is 2.41. The van der Waals surface area contributed by atoms with Crippen LogP contribution in [0.1, 0.15) is 5.56 Å². The highest BCUT2D eigenvalue weighted by atomic mass is 79.9. The smallest absolute Gasteiger partial charge is 0.351 e. The number of benzene rings is 2. The number of carbonyl (C=O) groups excluding carboxylic acids is 1. The van der Waals surface area contributed by atoms with Gasteiger partial charge in [0.15, 0.2) is 11.5 Å². The Morgan fingerprint density at radius 1 is 1.16 bits per heavy atom. The van der Waals surface area contributed by atoms with E-state index < -0.39 is 12.1 Å². The standard InChI is InChI=1S/C18H17BrO6/c1-21-15-8-12(19)16(22-2)7-11(15)9-24-18(20)17-10-23-13-5-3-4-6-14(13)25-17/h3-8,17H,9-10H2,1-2H3/t17-/m0/s1. The molecule has 0 spiro atoms. The topological polar surface area (TPSA) is 63.2 Å². The number of methoxy groups -OCH3 is 2. The molecule has 1 aliphatic heterocycles. The van der Waals surface area contributed by atoms with E-state index in [2.05, 4.69) is 15.9 Å². The molecule has 1 heterocycles. The molecule has 6 nitrogen and oxygen atoms in total. The third-order valence-corrected chi connectivity index (χ3v) is 4.32. The minimum Gasteiger partial charge on any atom is -0.496 e. The third kappa shape index (κ3) is 3.82. The van der Waals surface area contributed by atoms with E-state index in [1.165, 1.54) is 0 Å². The Morgan fingerprint density at radius 3 is 2.60 bits per heavy atom. The number of halogens is 1. The Morgan fingerprint density at radius 2 is 1.88 bits per heavy atom. The summed E-state index contributed by atoms with van der Waals surface area (Å²) in [5.41, 5.74) is 0.688. The van der Waals surface area contributed by atoms with Gasteiger partial charge in [-0.25, -0.2) is 4.79 Å². The van der Waals surface area contributed by atoms with E-state index in [1.54, 1.807) is 38.5 Å². The first-order valence-electron chi connectivity index (χ1n) is 7.58. The maximum absolute atomic E-state index is 12.3. The molecule has 0 radical (unpaired) electrons. The average Bonchev–Trinajstić information content (AvgIpc) is 2.65. The quantitative estimate of drug-likeness (QED) is 0.706. The summed E-state index contributed by atoms with van der Waals surface area (Å²) < 4.78 is 27.9. The maximum atomic E-state index is 12.3. The zero-order chi connectivity index (χ0) is 17.8. The second kappa shape index (κ2) is 7.65. The second-order valence-corrected chi connectivity index (χ2v) is 6.12. The lowest BCUT2D eigenvalue weighted by molar-refractivity contribution is -0.155. The van der Waals surface area contributed by atoms with Crippen LogP contribution in [-0.2, 0) is 16.1 Å². The molecular weight excluding hydrogens is 392 g/mol. The molecular formula is C18H17BrO6. The molecule has 0 N–H and O–H groups in total. The van der Waals surface area contributed by atoms with Crippen LogP contribution in [0.4, 0.5) is 0 Å². The van der Waals surface area contributed by atoms with Crippen molar-refractivity contribution in [1.29, 1.82) is 0 Å². The molecule has 1 aliphatic rings. The SMILES string of the molecule is COc1cc(COC(=O)[C@@H]2COc3ccccc3O2)c(OC)cc1Br. The number of para-hydroxylation sites is 2. The van der Waals surface area contributed by atoms with Crippen molar-refractivity contribution >= 4 is 21.9 Å². The zero-order valence-electron chi connectivity index (χ0n) is 13.8. The number of rotatable bonds is 5. The number of carbonyl (C=O) groups is 1. The van der Waals surface area contributed by atoms with Gasteiger partial charge in [-0.1, -0.05) is 12.1 Å². The molecule has 1 atom stereocenters. The van der Waals surface area contributed by atoms with Gasteiger partial charge in [-0.3, -0.25) is 0 Å². The first-order valence-corrected chi connectivity index (χ1v) is 8.37. The van der Waals surface area contributed by atoms with Crippen LogP contribution in [0.25, 0.3) is 0 Å². The minimum absolute atomic E-state index is 0.0349. The Balaban J connectivity index is 1.67. The van der Waals surface area contributed by atoms with Crippen LogP contribution < -0.4 is 18.9 Å². The molecule has 0 saturated carbocycles. The van der Waals surface area contributed by atoms with E-state index in [4.69, 9.17) is 23.7 Å². The van der Waals surface area contributed by atoms with Crippen molar-refractivity contribution in [3.05, 3.63) is 46.4 Å². The lowest BCUT2D eigenvalue weighted by Gasteiger charge is -2.25. The van der Waals surface area contributed by atoms with Gasteiger partial charge in [-0.05, 0) is 40.2 Å². The summed E-state index contributed by atoms with van der Waals surface area (Å²) in [6, 6.07) is 10.7. The van der Waals surface area contributed by atoms with E-state index in [9.17, 15) is 4.79 Å². The largest absolute Gasteiger partial charge is 0.496 e. The van der Waals surface area contributed by atoms with E-state index in [1.807, 2.05) is 12.1 Å². The number of esters is 1. The van der Waals surface area contributed by atoms with Gasteiger partial charge in [0.2, 0.25) is 6.10 Å². The van der Waals surface area contributed by atoms with Gasteiger partial charge in [-0.2, -0.15) is 0 Å². The molecule has 0 saturated heterocycles. The minimum atomic E-state index is -0.807. The molecule has 0 amide bonds. The summed E-state index contributed by atoms with van der Waals surface area (Å²) in [4.78, 5) is 12.3. The Hall–Kier alpha value is -2.41. The van der Waals surface area contributed by atoms with E-state index in [0.29, 0.717) is 28.6 Å². The molecule has 0 aliphatic carbocycles. The van der Waals surface area contributed by atoms with Crippen LogP contribution in [0.5, 0.6) is 23.0 Å². The second-order valence-electron chi connectivity index (χ2n) is 5.27. The summed E-state index contributed by atoms with van der Waals surface area (Å²) in [5, 5.41) is 0. The van der Waals surface area contributed by atoms with Crippen LogP contribution in [0, 0.1) is 0 Å². The molecule has 25 heavy (non-hydrogen) atoms. The van der Waals surface area contributed by atoms with Gasteiger partial charge >= 0.3 is 5.97 Å². The van der Waals surface area contributed by atoms with Gasteiger partial charge in [0, 0.05) is 5.56 Å². The van der Waals surface area contributed by atoms with Crippen LogP contribution in [0.3, 0.4) is 0 Å². The highest BCUT2D eigenvalue weighted by Gasteiger charge is 2.29. The van der Waals surface area contributed by atoms with Gasteiger partial charge in [0.1, 0.15) is 24.7 Å². The van der Waals surface area contributed by atoms with Crippen LogP contribution in [-0.4, -0.2) is 32.9 Å². The Kier molecular flexibility index (Phi) is 5.33. The average molecular weight is 409 g/mol. The number of ether oxygens (including phenoxy) is 5. The molecule has 3 rings (SSSR count). The Bertz CT molecular complexity index is 776. The molecule has 2 aromatic carbocycles. The molecule has 7 heteroatoms. The number of hydrogen-bond acceptors (Lipinski definition) is 6. The van der Waals surface area contributed by atoms with Crippen LogP contribution >= 0.6 is 15.9 Å². The number of fused-ring (bicyclic) bond motifs is 1. The van der Waals surface area contributed by atoms with Gasteiger partial charge < -0.3 is 23.7 Å². The Labute approximate surface area is 153 Å². The molecule has 132 valence electrons. The van der Waals surface area contributed by atoms with Crippen molar-refractivity contribution in [2.75, 3.05) is 20.8 Å². The van der Waals surface area contributed by atoms with Crippen molar-refractivity contribution < 1.29 is 28.5 Å². The van der Waals surface area contributed by atoms with Gasteiger partial charge in [0.05, 0.1) is 18.7 Å². The molecule has 2 aromatic rings. The molecule has 0 fully saturated rings.